The number of carboxylic acid groups (broad SMARTS) is 1. The van der Waals surface area contributed by atoms with E-state index < -0.39 is 33.8 Å². The van der Waals surface area contributed by atoms with Gasteiger partial charge in [-0.3, -0.25) is 14.6 Å². The number of aliphatic carboxylic acids is 1. The Morgan fingerprint density at radius 2 is 1.72 bits per heavy atom. The highest BCUT2D eigenvalue weighted by molar-refractivity contribution is 7.89. The number of piperazine rings is 2. The number of alkyl halides is 3. The van der Waals surface area contributed by atoms with Crippen molar-refractivity contribution in [3.05, 3.63) is 41.6 Å². The molecule has 1 amide bonds. The lowest BCUT2D eigenvalue weighted by Crippen LogP contribution is -2.56. The van der Waals surface area contributed by atoms with Crippen molar-refractivity contribution in [2.45, 2.75) is 55.6 Å². The van der Waals surface area contributed by atoms with Gasteiger partial charge in [-0.1, -0.05) is 6.07 Å². The van der Waals surface area contributed by atoms with Gasteiger partial charge in [-0.2, -0.15) is 23.0 Å². The second kappa shape index (κ2) is 11.7. The Labute approximate surface area is 248 Å². The minimum absolute atomic E-state index is 0.0796. The molecule has 16 heteroatoms. The van der Waals surface area contributed by atoms with E-state index in [2.05, 4.69) is 14.9 Å². The Bertz CT molecular complexity index is 1470. The quantitative estimate of drug-likeness (QED) is 0.492. The summed E-state index contributed by atoms with van der Waals surface area (Å²) in [4.78, 5) is 32.1. The number of rotatable bonds is 7. The lowest BCUT2D eigenvalue weighted by Gasteiger charge is -2.44. The van der Waals surface area contributed by atoms with Gasteiger partial charge in [0.15, 0.2) is 5.03 Å². The lowest BCUT2D eigenvalue weighted by atomic mass is 10.0. The van der Waals surface area contributed by atoms with Crippen molar-refractivity contribution in [1.29, 1.82) is 0 Å². The number of aromatic nitrogens is 2. The third-order valence-corrected chi connectivity index (χ3v) is 10.2. The summed E-state index contributed by atoms with van der Waals surface area (Å²) >= 11 is 0. The number of fused-ring (bicyclic) bond motifs is 2. The van der Waals surface area contributed by atoms with E-state index in [4.69, 9.17) is 0 Å². The monoisotopic (exact) mass is 627 g/mol. The number of hydrogen-bond acceptors (Lipinski definition) is 8. The number of amides is 1. The molecule has 3 saturated heterocycles. The van der Waals surface area contributed by atoms with Crippen LogP contribution in [0.2, 0.25) is 0 Å². The zero-order valence-electron chi connectivity index (χ0n) is 24.2. The molecule has 3 aliphatic heterocycles. The topological polar surface area (TPSA) is 123 Å². The molecule has 2 bridgehead atoms. The molecule has 1 aromatic heterocycles. The van der Waals surface area contributed by atoms with Crippen LogP contribution in [0.15, 0.2) is 35.5 Å². The highest BCUT2D eigenvalue weighted by atomic mass is 32.2. The average molecular weight is 628 g/mol. The number of nitrogens with zero attached hydrogens (tertiary/aromatic N) is 7. The van der Waals surface area contributed by atoms with Crippen molar-refractivity contribution in [1.82, 2.24) is 28.8 Å². The van der Waals surface area contributed by atoms with Crippen LogP contribution in [0.3, 0.4) is 0 Å². The lowest BCUT2D eigenvalue weighted by molar-refractivity contribution is -0.139. The van der Waals surface area contributed by atoms with E-state index in [0.717, 1.165) is 33.5 Å². The van der Waals surface area contributed by atoms with E-state index >= 15 is 0 Å². The van der Waals surface area contributed by atoms with Crippen molar-refractivity contribution in [3.63, 3.8) is 0 Å². The van der Waals surface area contributed by atoms with Gasteiger partial charge < -0.3 is 14.9 Å². The Balaban J connectivity index is 1.32. The van der Waals surface area contributed by atoms with E-state index in [1.54, 1.807) is 4.90 Å². The number of carboxylic acids is 1. The van der Waals surface area contributed by atoms with Crippen LogP contribution < -0.4 is 4.90 Å². The molecule has 0 spiro atoms. The number of benzene rings is 1. The summed E-state index contributed by atoms with van der Waals surface area (Å²) in [5, 5.41) is 13.0. The maximum atomic E-state index is 13.8. The summed E-state index contributed by atoms with van der Waals surface area (Å²) < 4.78 is 68.1. The SMILES string of the molecule is C[C@H]1CN(Cc2ccc(C(F)(F)F)cc2N2[C@@H]3CC[C@H]2CN(CC(=O)O)C3)CCN1C(=O)n1ccc(S(=O)(=O)N(C)C)n1. The third-order valence-electron chi connectivity index (χ3n) is 8.46. The summed E-state index contributed by atoms with van der Waals surface area (Å²) in [5.74, 6) is -0.925. The van der Waals surface area contributed by atoms with Crippen LogP contribution in [-0.4, -0.2) is 126 Å². The molecule has 3 atom stereocenters. The molecule has 3 fully saturated rings. The average Bonchev–Trinajstić information content (AvgIpc) is 3.51. The molecule has 1 N–H and O–H groups in total. The summed E-state index contributed by atoms with van der Waals surface area (Å²) in [5.41, 5.74) is 0.543. The molecule has 0 radical (unpaired) electrons. The molecule has 12 nitrogen and oxygen atoms in total. The summed E-state index contributed by atoms with van der Waals surface area (Å²) in [6.07, 6.45) is -1.63. The molecule has 2 aromatic rings. The Kier molecular flexibility index (Phi) is 8.50. The molecule has 1 aromatic carbocycles. The fraction of sp³-hybridized carbons (Fsp3) is 0.593. The minimum atomic E-state index is -4.50. The van der Waals surface area contributed by atoms with E-state index in [1.165, 1.54) is 38.5 Å². The van der Waals surface area contributed by atoms with E-state index in [0.29, 0.717) is 45.0 Å². The van der Waals surface area contributed by atoms with Gasteiger partial charge in [0, 0.05) is 83.4 Å². The van der Waals surface area contributed by atoms with Crippen LogP contribution in [0.5, 0.6) is 0 Å². The smallest absolute Gasteiger partial charge is 0.416 e. The van der Waals surface area contributed by atoms with Crippen molar-refractivity contribution in [3.8, 4) is 0 Å². The van der Waals surface area contributed by atoms with Gasteiger partial charge in [0.2, 0.25) is 0 Å². The molecule has 43 heavy (non-hydrogen) atoms. The van der Waals surface area contributed by atoms with Crippen LogP contribution in [0.4, 0.5) is 23.7 Å². The van der Waals surface area contributed by atoms with E-state index in [1.807, 2.05) is 11.8 Å². The summed E-state index contributed by atoms with van der Waals surface area (Å²) in [6, 6.07) is 4.23. The Hall–Kier alpha value is -3.21. The predicted octanol–water partition coefficient (Wildman–Crippen LogP) is 2.06. The molecule has 4 heterocycles. The number of likely N-dealkylation sites (tertiary alicyclic amines) is 1. The van der Waals surface area contributed by atoms with Gasteiger partial charge in [-0.05, 0) is 43.5 Å². The standard InChI is InChI=1S/C27H36F3N7O5S/c1-18-13-33(10-11-35(18)26(40)36-9-8-24(31-36)43(41,42)32(2)3)14-19-4-5-20(27(28,29)30)12-23(19)37-21-6-7-22(37)16-34(15-21)17-25(38)39/h4-5,8-9,12,18,21-22H,6-7,10-11,13-17H2,1-3H3,(H,38,39)/t18-,21-,22+/m0/s1. The zero-order chi connectivity index (χ0) is 31.3. The Morgan fingerprint density at radius 1 is 1.05 bits per heavy atom. The fourth-order valence-corrected chi connectivity index (χ4v) is 7.19. The van der Waals surface area contributed by atoms with Gasteiger partial charge in [-0.15, -0.1) is 0 Å². The highest BCUT2D eigenvalue weighted by Gasteiger charge is 2.42. The minimum Gasteiger partial charge on any atom is -0.480 e. The van der Waals surface area contributed by atoms with Crippen LogP contribution >= 0.6 is 0 Å². The van der Waals surface area contributed by atoms with Crippen molar-refractivity contribution < 1.29 is 36.3 Å². The number of hydrogen-bond donors (Lipinski definition) is 1. The number of carbonyl (C=O) groups excluding carboxylic acids is 1. The van der Waals surface area contributed by atoms with Crippen LogP contribution in [0.25, 0.3) is 0 Å². The van der Waals surface area contributed by atoms with Crippen molar-refractivity contribution in [2.24, 2.45) is 0 Å². The molecule has 0 saturated carbocycles. The molecular formula is C27H36F3N7O5S. The third kappa shape index (κ3) is 6.37. The second-order valence-corrected chi connectivity index (χ2v) is 13.8. The zero-order valence-corrected chi connectivity index (χ0v) is 25.1. The fourth-order valence-electron chi connectivity index (χ4n) is 6.39. The first-order valence-corrected chi connectivity index (χ1v) is 15.5. The maximum absolute atomic E-state index is 13.8. The first-order chi connectivity index (χ1) is 20.1. The largest absolute Gasteiger partial charge is 0.480 e. The normalized spacial score (nSPS) is 23.7. The number of anilines is 1. The van der Waals surface area contributed by atoms with E-state index in [-0.39, 0.29) is 29.7 Å². The van der Waals surface area contributed by atoms with Crippen molar-refractivity contribution in [2.75, 3.05) is 58.3 Å². The van der Waals surface area contributed by atoms with Crippen LogP contribution in [0.1, 0.15) is 30.9 Å². The molecular weight excluding hydrogens is 591 g/mol. The maximum Gasteiger partial charge on any atom is 0.416 e. The first kappa shape index (κ1) is 31.2. The first-order valence-electron chi connectivity index (χ1n) is 14.1. The Morgan fingerprint density at radius 3 is 2.30 bits per heavy atom. The van der Waals surface area contributed by atoms with Gasteiger partial charge in [0.25, 0.3) is 10.0 Å². The van der Waals surface area contributed by atoms with Gasteiger partial charge in [0.05, 0.1) is 12.1 Å². The second-order valence-electron chi connectivity index (χ2n) is 11.7. The highest BCUT2D eigenvalue weighted by Crippen LogP contribution is 2.40. The van der Waals surface area contributed by atoms with Gasteiger partial charge >= 0.3 is 18.2 Å². The molecule has 5 rings (SSSR count). The van der Waals surface area contributed by atoms with E-state index in [9.17, 15) is 36.3 Å². The number of carbonyl (C=O) groups is 2. The molecule has 0 aliphatic carbocycles. The summed E-state index contributed by atoms with van der Waals surface area (Å²) in [6.45, 7) is 4.33. The van der Waals surface area contributed by atoms with Crippen LogP contribution in [0, 0.1) is 0 Å². The summed E-state index contributed by atoms with van der Waals surface area (Å²) in [7, 11) is -1.04. The van der Waals surface area contributed by atoms with Crippen LogP contribution in [-0.2, 0) is 27.5 Å². The molecule has 3 aliphatic rings. The van der Waals surface area contributed by atoms with Gasteiger partial charge in [0.1, 0.15) is 0 Å². The predicted molar refractivity (Wildman–Crippen MR) is 150 cm³/mol. The van der Waals surface area contributed by atoms with Gasteiger partial charge in [-0.25, -0.2) is 17.5 Å². The molecule has 236 valence electrons. The molecule has 0 unspecified atom stereocenters. The van der Waals surface area contributed by atoms with Crippen molar-refractivity contribution >= 4 is 27.7 Å². The number of halogens is 3. The number of sulfonamides is 1.